The Hall–Kier alpha value is -0.573. The van der Waals surface area contributed by atoms with E-state index in [9.17, 15) is 0 Å². The van der Waals surface area contributed by atoms with E-state index in [1.807, 2.05) is 0 Å². The van der Waals surface area contributed by atoms with Gasteiger partial charge in [0.05, 0.1) is 0 Å². The molecule has 0 amide bonds. The Morgan fingerprint density at radius 3 is 2.64 bits per heavy atom. The average molecular weight is 136 g/mol. The maximum atomic E-state index is 2.20. The zero-order valence-electron chi connectivity index (χ0n) is 6.96. The van der Waals surface area contributed by atoms with Crippen LogP contribution in [0.25, 0.3) is 10.8 Å². The minimum Gasteiger partial charge on any atom is -0.165 e. The van der Waals surface area contributed by atoms with E-state index in [4.69, 9.17) is 0 Å². The minimum atomic E-state index is 0. The van der Waals surface area contributed by atoms with E-state index in [2.05, 4.69) is 43.3 Å². The van der Waals surface area contributed by atoms with Gasteiger partial charge < -0.3 is 0 Å². The quantitative estimate of drug-likeness (QED) is 0.349. The van der Waals surface area contributed by atoms with Crippen molar-refractivity contribution in [2.75, 3.05) is 0 Å². The number of rotatable bonds is 0. The van der Waals surface area contributed by atoms with Gasteiger partial charge in [-0.2, -0.15) is 6.07 Å². The van der Waals surface area contributed by atoms with Crippen LogP contribution in [0.4, 0.5) is 0 Å². The average Bonchev–Trinajstić information content (AvgIpc) is 2.27. The predicted octanol–water partition coefficient (Wildman–Crippen LogP) is -0.129. The van der Waals surface area contributed by atoms with Crippen molar-refractivity contribution < 1.29 is 18.9 Å². The first-order chi connectivity index (χ1) is 4.86. The summed E-state index contributed by atoms with van der Waals surface area (Å²) in [6.45, 7) is 2.12. The molecule has 0 unspecified atom stereocenters. The first-order valence-corrected chi connectivity index (χ1v) is 3.48. The van der Waals surface area contributed by atoms with E-state index in [1.165, 1.54) is 16.3 Å². The normalized spacial score (nSPS) is 9.55. The second-order valence-corrected chi connectivity index (χ2v) is 2.66. The molecule has 1 heteroatoms. The number of fused-ring (bicyclic) bond motifs is 1. The van der Waals surface area contributed by atoms with Gasteiger partial charge in [-0.15, -0.1) is 40.6 Å². The zero-order valence-corrected chi connectivity index (χ0v) is 6.96. The van der Waals surface area contributed by atoms with Gasteiger partial charge in [0.25, 0.3) is 0 Å². The van der Waals surface area contributed by atoms with Crippen LogP contribution < -0.4 is 18.9 Å². The van der Waals surface area contributed by atoms with Gasteiger partial charge in [-0.05, 0) is 0 Å². The summed E-state index contributed by atoms with van der Waals surface area (Å²) in [6, 6.07) is 12.8. The van der Waals surface area contributed by atoms with Crippen molar-refractivity contribution in [3.8, 4) is 0 Å². The molecule has 2 aromatic carbocycles. The first-order valence-electron chi connectivity index (χ1n) is 3.48. The summed E-state index contributed by atoms with van der Waals surface area (Å²) in [5.74, 6) is 0. The molecule has 0 aliphatic rings. The van der Waals surface area contributed by atoms with Crippen molar-refractivity contribution in [2.24, 2.45) is 0 Å². The van der Waals surface area contributed by atoms with Crippen molar-refractivity contribution >= 4 is 10.8 Å². The van der Waals surface area contributed by atoms with Crippen LogP contribution in [0.5, 0.6) is 0 Å². The number of hydrogen-bond donors (Lipinski definition) is 0. The molecule has 0 radical (unpaired) electrons. The van der Waals surface area contributed by atoms with Gasteiger partial charge in [0.15, 0.2) is 0 Å². The largest absolute Gasteiger partial charge is 1.00 e. The molecule has 50 valence electrons. The summed E-state index contributed by atoms with van der Waals surface area (Å²) in [5, 5.41) is 2.69. The Morgan fingerprint density at radius 1 is 1.18 bits per heavy atom. The van der Waals surface area contributed by atoms with Crippen LogP contribution in [0.15, 0.2) is 36.4 Å². The minimum absolute atomic E-state index is 0. The molecule has 0 spiro atoms. The predicted molar refractivity (Wildman–Crippen MR) is 44.3 cm³/mol. The molecule has 0 atom stereocenters. The van der Waals surface area contributed by atoms with Crippen LogP contribution in [-0.2, 0) is 0 Å². The summed E-state index contributed by atoms with van der Waals surface area (Å²) in [6.07, 6.45) is 0. The molecular formula is C10H9Li. The zero-order chi connectivity index (χ0) is 6.97. The summed E-state index contributed by atoms with van der Waals surface area (Å²) < 4.78 is 0. The number of hydrogen-bond acceptors (Lipinski definition) is 0. The van der Waals surface area contributed by atoms with Crippen LogP contribution >= 0.6 is 0 Å². The second-order valence-electron chi connectivity index (χ2n) is 2.66. The van der Waals surface area contributed by atoms with Gasteiger partial charge in [-0.1, -0.05) is 13.0 Å². The first kappa shape index (κ1) is 8.52. The van der Waals surface area contributed by atoms with Crippen molar-refractivity contribution in [2.45, 2.75) is 6.92 Å². The third-order valence-corrected chi connectivity index (χ3v) is 1.76. The standard InChI is InChI=1S/C10H9.Li/c1-8-6-9-4-2-3-5-10(9)7-8;/h2-7H,1H3;/q-1;+1. The van der Waals surface area contributed by atoms with Gasteiger partial charge in [-0.3, -0.25) is 0 Å². The van der Waals surface area contributed by atoms with Gasteiger partial charge in [0, 0.05) is 0 Å². The molecule has 0 heterocycles. The molecule has 0 aromatic heterocycles. The summed E-state index contributed by atoms with van der Waals surface area (Å²) in [4.78, 5) is 0. The number of aryl methyl sites for hydroxylation is 1. The fraction of sp³-hybridized carbons (Fsp3) is 0.100. The molecule has 0 bridgehead atoms. The Morgan fingerprint density at radius 2 is 1.91 bits per heavy atom. The third-order valence-electron chi connectivity index (χ3n) is 1.76. The van der Waals surface area contributed by atoms with Crippen molar-refractivity contribution in [1.82, 2.24) is 0 Å². The molecule has 0 fully saturated rings. The number of benzene rings is 1. The molecule has 0 saturated heterocycles. The van der Waals surface area contributed by atoms with Crippen LogP contribution in [-0.4, -0.2) is 0 Å². The van der Waals surface area contributed by atoms with E-state index >= 15 is 0 Å². The van der Waals surface area contributed by atoms with Crippen LogP contribution in [0.2, 0.25) is 0 Å². The molecule has 0 aliphatic heterocycles. The SMILES string of the molecule is Cc1cc2ccccc2[cH-]1.[Li+]. The van der Waals surface area contributed by atoms with E-state index in [0.29, 0.717) is 0 Å². The van der Waals surface area contributed by atoms with Crippen molar-refractivity contribution in [3.05, 3.63) is 42.0 Å². The fourth-order valence-corrected chi connectivity index (χ4v) is 1.31. The summed E-state index contributed by atoms with van der Waals surface area (Å²) in [5.41, 5.74) is 1.35. The smallest absolute Gasteiger partial charge is 0.165 e. The van der Waals surface area contributed by atoms with E-state index < -0.39 is 0 Å². The van der Waals surface area contributed by atoms with Crippen molar-refractivity contribution in [3.63, 3.8) is 0 Å². The Labute approximate surface area is 78.8 Å². The third kappa shape index (κ3) is 1.53. The van der Waals surface area contributed by atoms with Gasteiger partial charge in [0.2, 0.25) is 0 Å². The molecule has 2 aromatic rings. The van der Waals surface area contributed by atoms with E-state index in [-0.39, 0.29) is 18.9 Å². The van der Waals surface area contributed by atoms with Gasteiger partial charge in [-0.25, -0.2) is 0 Å². The Kier molecular flexibility index (Phi) is 2.49. The van der Waals surface area contributed by atoms with E-state index in [0.717, 1.165) is 0 Å². The molecule has 0 saturated carbocycles. The molecule has 0 aliphatic carbocycles. The second kappa shape index (κ2) is 3.22. The van der Waals surface area contributed by atoms with Crippen LogP contribution in [0, 0.1) is 6.92 Å². The van der Waals surface area contributed by atoms with E-state index in [1.54, 1.807) is 0 Å². The van der Waals surface area contributed by atoms with Crippen LogP contribution in [0.1, 0.15) is 5.56 Å². The van der Waals surface area contributed by atoms with Gasteiger partial charge >= 0.3 is 18.9 Å². The maximum Gasteiger partial charge on any atom is 1.00 e. The Bertz CT molecular complexity index is 313. The van der Waals surface area contributed by atoms with Gasteiger partial charge in [0.1, 0.15) is 0 Å². The summed E-state index contributed by atoms with van der Waals surface area (Å²) in [7, 11) is 0. The molecule has 0 nitrogen and oxygen atoms in total. The molecular weight excluding hydrogens is 127 g/mol. The maximum absolute atomic E-state index is 2.20. The molecule has 11 heavy (non-hydrogen) atoms. The topological polar surface area (TPSA) is 0 Å². The van der Waals surface area contributed by atoms with Crippen molar-refractivity contribution in [1.29, 1.82) is 0 Å². The molecule has 2 rings (SSSR count). The summed E-state index contributed by atoms with van der Waals surface area (Å²) >= 11 is 0. The molecule has 0 N–H and O–H groups in total. The monoisotopic (exact) mass is 136 g/mol. The van der Waals surface area contributed by atoms with Crippen LogP contribution in [0.3, 0.4) is 0 Å². The fourth-order valence-electron chi connectivity index (χ4n) is 1.31. The Balaban J connectivity index is 0.000000605.